The van der Waals surface area contributed by atoms with Crippen molar-refractivity contribution < 1.29 is 18.7 Å². The number of fused-ring (bicyclic) bond motifs is 1. The monoisotopic (exact) mass is 398 g/mol. The van der Waals surface area contributed by atoms with Crippen LogP contribution in [0.1, 0.15) is 17.0 Å². The summed E-state index contributed by atoms with van der Waals surface area (Å²) in [5, 5.41) is 3.59. The van der Waals surface area contributed by atoms with Crippen LogP contribution in [0.3, 0.4) is 0 Å². The lowest BCUT2D eigenvalue weighted by Crippen LogP contribution is -2.22. The standard InChI is InChI=1S/C21H19FN2O3S/c1-3-10-27-17-8-4-14(11-18(17)26-2)5-9-20(25)23-13-21-24-16-7-6-15(22)12-19(16)28-21/h1,4,6-8,11-12H,5,9-10,13H2,2H3,(H,23,25). The van der Waals surface area contributed by atoms with E-state index in [1.54, 1.807) is 19.2 Å². The Kier molecular flexibility index (Phi) is 6.45. The van der Waals surface area contributed by atoms with Gasteiger partial charge in [-0.15, -0.1) is 17.8 Å². The van der Waals surface area contributed by atoms with Gasteiger partial charge in [-0.1, -0.05) is 12.0 Å². The zero-order valence-corrected chi connectivity index (χ0v) is 16.1. The molecule has 0 fully saturated rings. The molecule has 1 amide bonds. The van der Waals surface area contributed by atoms with Gasteiger partial charge in [-0.05, 0) is 42.3 Å². The molecule has 0 atom stereocenters. The number of nitrogens with zero attached hydrogens (tertiary/aromatic N) is 1. The van der Waals surface area contributed by atoms with Gasteiger partial charge in [0.2, 0.25) is 5.91 Å². The minimum absolute atomic E-state index is 0.0861. The summed E-state index contributed by atoms with van der Waals surface area (Å²) in [6, 6.07) is 9.95. The van der Waals surface area contributed by atoms with Gasteiger partial charge in [-0.3, -0.25) is 4.79 Å². The minimum Gasteiger partial charge on any atom is -0.493 e. The second kappa shape index (κ2) is 9.20. The number of carbonyl (C=O) groups excluding carboxylic acids is 1. The quantitative estimate of drug-likeness (QED) is 0.588. The van der Waals surface area contributed by atoms with Crippen molar-refractivity contribution in [2.24, 2.45) is 0 Å². The molecule has 0 bridgehead atoms. The molecule has 0 aliphatic rings. The molecule has 1 N–H and O–H groups in total. The van der Waals surface area contributed by atoms with E-state index in [0.29, 0.717) is 30.9 Å². The number of ether oxygens (including phenoxy) is 2. The third-order valence-corrected chi connectivity index (χ3v) is 5.03. The lowest BCUT2D eigenvalue weighted by molar-refractivity contribution is -0.121. The molecule has 7 heteroatoms. The summed E-state index contributed by atoms with van der Waals surface area (Å²) in [6.07, 6.45) is 6.08. The highest BCUT2D eigenvalue weighted by molar-refractivity contribution is 7.18. The summed E-state index contributed by atoms with van der Waals surface area (Å²) in [6.45, 7) is 0.485. The zero-order chi connectivity index (χ0) is 19.9. The molecule has 1 aromatic heterocycles. The zero-order valence-electron chi connectivity index (χ0n) is 15.3. The third kappa shape index (κ3) is 4.99. The maximum Gasteiger partial charge on any atom is 0.220 e. The van der Waals surface area contributed by atoms with Crippen LogP contribution in [0.15, 0.2) is 36.4 Å². The Labute approximate surface area is 166 Å². The van der Waals surface area contributed by atoms with Crippen molar-refractivity contribution in [2.75, 3.05) is 13.7 Å². The summed E-state index contributed by atoms with van der Waals surface area (Å²) >= 11 is 1.37. The van der Waals surface area contributed by atoms with Crippen molar-refractivity contribution in [3.05, 3.63) is 52.8 Å². The first kappa shape index (κ1) is 19.6. The third-order valence-electron chi connectivity index (χ3n) is 4.01. The number of hydrogen-bond acceptors (Lipinski definition) is 5. The van der Waals surface area contributed by atoms with Crippen LogP contribution >= 0.6 is 11.3 Å². The molecule has 0 saturated heterocycles. The van der Waals surface area contributed by atoms with E-state index in [-0.39, 0.29) is 18.3 Å². The molecule has 0 radical (unpaired) electrons. The minimum atomic E-state index is -0.294. The number of nitrogens with one attached hydrogen (secondary N) is 1. The van der Waals surface area contributed by atoms with E-state index in [1.807, 2.05) is 12.1 Å². The van der Waals surface area contributed by atoms with Crippen molar-refractivity contribution >= 4 is 27.5 Å². The van der Waals surface area contributed by atoms with Crippen LogP contribution in [-0.2, 0) is 17.8 Å². The van der Waals surface area contributed by atoms with Gasteiger partial charge >= 0.3 is 0 Å². The summed E-state index contributed by atoms with van der Waals surface area (Å²) < 4.78 is 24.7. The van der Waals surface area contributed by atoms with Crippen LogP contribution in [0.4, 0.5) is 4.39 Å². The Hall–Kier alpha value is -3.11. The molecule has 0 spiro atoms. The van der Waals surface area contributed by atoms with Crippen molar-refractivity contribution in [1.29, 1.82) is 0 Å². The second-order valence-corrected chi connectivity index (χ2v) is 7.09. The predicted molar refractivity (Wildman–Crippen MR) is 107 cm³/mol. The van der Waals surface area contributed by atoms with Gasteiger partial charge < -0.3 is 14.8 Å². The van der Waals surface area contributed by atoms with E-state index in [4.69, 9.17) is 15.9 Å². The van der Waals surface area contributed by atoms with Crippen LogP contribution in [-0.4, -0.2) is 24.6 Å². The average Bonchev–Trinajstić information content (AvgIpc) is 3.11. The molecular weight excluding hydrogens is 379 g/mol. The Morgan fingerprint density at radius 2 is 2.14 bits per heavy atom. The summed E-state index contributed by atoms with van der Waals surface area (Å²) in [4.78, 5) is 16.5. The van der Waals surface area contributed by atoms with Crippen LogP contribution in [0, 0.1) is 18.2 Å². The van der Waals surface area contributed by atoms with Crippen LogP contribution in [0.25, 0.3) is 10.2 Å². The van der Waals surface area contributed by atoms with Gasteiger partial charge in [0.05, 0.1) is 23.9 Å². The van der Waals surface area contributed by atoms with E-state index in [2.05, 4.69) is 16.2 Å². The van der Waals surface area contributed by atoms with Crippen LogP contribution in [0.2, 0.25) is 0 Å². The molecule has 3 aromatic rings. The number of thiazole rings is 1. The lowest BCUT2D eigenvalue weighted by atomic mass is 10.1. The molecule has 1 heterocycles. The number of terminal acetylenes is 1. The van der Waals surface area contributed by atoms with E-state index in [0.717, 1.165) is 20.8 Å². The fourth-order valence-corrected chi connectivity index (χ4v) is 3.58. The first-order valence-corrected chi connectivity index (χ1v) is 9.45. The number of carbonyl (C=O) groups is 1. The highest BCUT2D eigenvalue weighted by Gasteiger charge is 2.09. The lowest BCUT2D eigenvalue weighted by Gasteiger charge is -2.10. The van der Waals surface area contributed by atoms with Crippen molar-refractivity contribution in [3.63, 3.8) is 0 Å². The van der Waals surface area contributed by atoms with Gasteiger partial charge in [-0.2, -0.15) is 0 Å². The molecule has 3 rings (SSSR count). The Morgan fingerprint density at radius 1 is 1.29 bits per heavy atom. The summed E-state index contributed by atoms with van der Waals surface area (Å²) in [5.41, 5.74) is 1.69. The maximum absolute atomic E-state index is 13.2. The highest BCUT2D eigenvalue weighted by Crippen LogP contribution is 2.28. The number of amides is 1. The SMILES string of the molecule is C#CCOc1ccc(CCC(=O)NCc2nc3ccc(F)cc3s2)cc1OC. The van der Waals surface area contributed by atoms with Gasteiger partial charge in [0, 0.05) is 6.42 Å². The Bertz CT molecular complexity index is 1030. The van der Waals surface area contributed by atoms with E-state index in [9.17, 15) is 9.18 Å². The van der Waals surface area contributed by atoms with Crippen LogP contribution in [0.5, 0.6) is 11.5 Å². The van der Waals surface area contributed by atoms with E-state index >= 15 is 0 Å². The van der Waals surface area contributed by atoms with Gasteiger partial charge in [0.1, 0.15) is 17.4 Å². The van der Waals surface area contributed by atoms with Crippen molar-refractivity contribution in [2.45, 2.75) is 19.4 Å². The highest BCUT2D eigenvalue weighted by atomic mass is 32.1. The molecule has 2 aromatic carbocycles. The number of aryl methyl sites for hydroxylation is 1. The predicted octanol–water partition coefficient (Wildman–Crippen LogP) is 3.71. The fraction of sp³-hybridized carbons (Fsp3) is 0.238. The second-order valence-electron chi connectivity index (χ2n) is 5.97. The van der Waals surface area contributed by atoms with Gasteiger partial charge in [-0.25, -0.2) is 9.37 Å². The normalized spacial score (nSPS) is 10.5. The maximum atomic E-state index is 13.2. The Morgan fingerprint density at radius 3 is 2.93 bits per heavy atom. The molecular formula is C21H19FN2O3S. The molecule has 144 valence electrons. The molecule has 28 heavy (non-hydrogen) atoms. The van der Waals surface area contributed by atoms with Crippen LogP contribution < -0.4 is 14.8 Å². The largest absolute Gasteiger partial charge is 0.493 e. The number of aromatic nitrogens is 1. The number of hydrogen-bond donors (Lipinski definition) is 1. The fourth-order valence-electron chi connectivity index (χ4n) is 2.65. The number of benzene rings is 2. The summed E-state index contributed by atoms with van der Waals surface area (Å²) in [5.74, 6) is 3.18. The van der Waals surface area contributed by atoms with E-state index < -0.39 is 0 Å². The smallest absolute Gasteiger partial charge is 0.220 e. The van der Waals surface area contributed by atoms with E-state index in [1.165, 1.54) is 23.5 Å². The summed E-state index contributed by atoms with van der Waals surface area (Å²) in [7, 11) is 1.55. The average molecular weight is 398 g/mol. The molecule has 0 saturated carbocycles. The molecule has 0 unspecified atom stereocenters. The van der Waals surface area contributed by atoms with Gasteiger partial charge in [0.15, 0.2) is 11.5 Å². The number of halogens is 1. The molecule has 5 nitrogen and oxygen atoms in total. The topological polar surface area (TPSA) is 60.5 Å². The number of rotatable bonds is 8. The van der Waals surface area contributed by atoms with Gasteiger partial charge in [0.25, 0.3) is 0 Å². The van der Waals surface area contributed by atoms with Crippen molar-refractivity contribution in [3.8, 4) is 23.8 Å². The van der Waals surface area contributed by atoms with Crippen molar-refractivity contribution in [1.82, 2.24) is 10.3 Å². The Balaban J connectivity index is 1.52. The number of methoxy groups -OCH3 is 1. The first-order valence-electron chi connectivity index (χ1n) is 8.64. The first-order chi connectivity index (χ1) is 13.6. The molecule has 0 aliphatic carbocycles. The molecule has 0 aliphatic heterocycles.